The average Bonchev–Trinajstić information content (AvgIpc) is 3.27. The fraction of sp³-hybridized carbons (Fsp3) is 0.0588. The molecule has 0 fully saturated rings. The molecule has 3 aromatic heterocycles. The molecule has 0 bridgehead atoms. The monoisotopic (exact) mass is 335 g/mol. The van der Waals surface area contributed by atoms with Crippen molar-refractivity contribution in [2.45, 2.75) is 0 Å². The lowest BCUT2D eigenvalue weighted by molar-refractivity contribution is 0.0948. The van der Waals surface area contributed by atoms with Crippen LogP contribution in [0.2, 0.25) is 0 Å². The van der Waals surface area contributed by atoms with E-state index < -0.39 is 0 Å². The summed E-state index contributed by atoms with van der Waals surface area (Å²) < 4.78 is 11.4. The number of nitrogens with zero attached hydrogens (tertiary/aromatic N) is 4. The standard InChI is InChI=1S/C17H13N5O3/c1-24-16-5-3-11(8-19-16)12-7-15(18)22(21-12)17(23)10-2-4-14-13(6-10)20-9-25-14/h2-9H,18H2,1H3. The molecule has 0 aliphatic rings. The van der Waals surface area contributed by atoms with Gasteiger partial charge in [-0.3, -0.25) is 4.79 Å². The fourth-order valence-corrected chi connectivity index (χ4v) is 2.47. The first-order chi connectivity index (χ1) is 12.2. The van der Waals surface area contributed by atoms with Gasteiger partial charge in [-0.05, 0) is 24.3 Å². The summed E-state index contributed by atoms with van der Waals surface area (Å²) in [6.45, 7) is 0. The SMILES string of the molecule is COc1ccc(-c2cc(N)n(C(=O)c3ccc4ocnc4c3)n2)cn1. The molecule has 2 N–H and O–H groups in total. The van der Waals surface area contributed by atoms with Crippen molar-refractivity contribution in [1.82, 2.24) is 19.7 Å². The minimum atomic E-state index is -0.352. The maximum Gasteiger partial charge on any atom is 0.280 e. The van der Waals surface area contributed by atoms with E-state index in [4.69, 9.17) is 14.9 Å². The van der Waals surface area contributed by atoms with E-state index in [1.54, 1.807) is 49.7 Å². The van der Waals surface area contributed by atoms with Crippen LogP contribution < -0.4 is 10.5 Å². The third-order valence-corrected chi connectivity index (χ3v) is 3.75. The highest BCUT2D eigenvalue weighted by molar-refractivity contribution is 5.99. The molecule has 8 nitrogen and oxygen atoms in total. The predicted octanol–water partition coefficient (Wildman–Crippen LogP) is 2.37. The van der Waals surface area contributed by atoms with Gasteiger partial charge in [0.2, 0.25) is 5.88 Å². The highest BCUT2D eigenvalue weighted by atomic mass is 16.5. The van der Waals surface area contributed by atoms with Gasteiger partial charge in [0, 0.05) is 29.5 Å². The molecule has 124 valence electrons. The molecule has 0 saturated heterocycles. The van der Waals surface area contributed by atoms with Gasteiger partial charge in [0.1, 0.15) is 11.3 Å². The van der Waals surface area contributed by atoms with Gasteiger partial charge in [-0.2, -0.15) is 9.78 Å². The smallest absolute Gasteiger partial charge is 0.280 e. The Balaban J connectivity index is 1.70. The molecule has 0 aliphatic carbocycles. The Morgan fingerprint density at radius 3 is 2.84 bits per heavy atom. The summed E-state index contributed by atoms with van der Waals surface area (Å²) in [4.78, 5) is 20.9. The maximum absolute atomic E-state index is 12.7. The Morgan fingerprint density at radius 1 is 1.20 bits per heavy atom. The number of aromatic nitrogens is 4. The van der Waals surface area contributed by atoms with Crippen LogP contribution in [0.15, 0.2) is 53.4 Å². The number of methoxy groups -OCH3 is 1. The highest BCUT2D eigenvalue weighted by Crippen LogP contribution is 2.22. The summed E-state index contributed by atoms with van der Waals surface area (Å²) in [5.41, 5.74) is 8.85. The van der Waals surface area contributed by atoms with E-state index in [2.05, 4.69) is 15.1 Å². The molecule has 3 heterocycles. The Bertz CT molecular complexity index is 1070. The first kappa shape index (κ1) is 14.9. The molecule has 0 aliphatic heterocycles. The molecule has 0 saturated carbocycles. The van der Waals surface area contributed by atoms with Crippen molar-refractivity contribution in [3.8, 4) is 17.1 Å². The molecule has 0 unspecified atom stereocenters. The summed E-state index contributed by atoms with van der Waals surface area (Å²) in [5.74, 6) is 0.374. The quantitative estimate of drug-likeness (QED) is 0.612. The summed E-state index contributed by atoms with van der Waals surface area (Å²) in [6, 6.07) is 10.1. The number of hydrogen-bond acceptors (Lipinski definition) is 7. The van der Waals surface area contributed by atoms with Crippen molar-refractivity contribution in [1.29, 1.82) is 0 Å². The number of carbonyl (C=O) groups is 1. The Hall–Kier alpha value is -3.68. The summed E-state index contributed by atoms with van der Waals surface area (Å²) in [7, 11) is 1.54. The van der Waals surface area contributed by atoms with Crippen LogP contribution in [0.25, 0.3) is 22.4 Å². The van der Waals surface area contributed by atoms with Crippen LogP contribution in [0.5, 0.6) is 5.88 Å². The van der Waals surface area contributed by atoms with Crippen LogP contribution in [0.4, 0.5) is 5.82 Å². The predicted molar refractivity (Wildman–Crippen MR) is 90.2 cm³/mol. The first-order valence-electron chi connectivity index (χ1n) is 7.39. The van der Waals surface area contributed by atoms with Gasteiger partial charge in [-0.15, -0.1) is 0 Å². The van der Waals surface area contributed by atoms with E-state index in [1.165, 1.54) is 6.39 Å². The molecule has 1 aromatic carbocycles. The molecule has 25 heavy (non-hydrogen) atoms. The van der Waals surface area contributed by atoms with E-state index in [9.17, 15) is 4.79 Å². The van der Waals surface area contributed by atoms with Crippen molar-refractivity contribution >= 4 is 22.8 Å². The fourth-order valence-electron chi connectivity index (χ4n) is 2.47. The number of nitrogen functional groups attached to an aromatic ring is 1. The van der Waals surface area contributed by atoms with Gasteiger partial charge in [0.05, 0.1) is 12.8 Å². The maximum atomic E-state index is 12.7. The largest absolute Gasteiger partial charge is 0.481 e. The van der Waals surface area contributed by atoms with E-state index in [0.717, 1.165) is 10.2 Å². The Kier molecular flexibility index (Phi) is 3.42. The topological polar surface area (TPSA) is 109 Å². The lowest BCUT2D eigenvalue weighted by Crippen LogP contribution is -2.16. The number of fused-ring (bicyclic) bond motifs is 1. The number of rotatable bonds is 3. The lowest BCUT2D eigenvalue weighted by Gasteiger charge is -2.02. The summed E-state index contributed by atoms with van der Waals surface area (Å²) >= 11 is 0. The summed E-state index contributed by atoms with van der Waals surface area (Å²) in [6.07, 6.45) is 2.94. The molecule has 4 aromatic rings. The molecular formula is C17H13N5O3. The molecule has 0 spiro atoms. The van der Waals surface area contributed by atoms with Crippen molar-refractivity contribution in [3.63, 3.8) is 0 Å². The minimum absolute atomic E-state index is 0.232. The Morgan fingerprint density at radius 2 is 2.08 bits per heavy atom. The van der Waals surface area contributed by atoms with Crippen molar-refractivity contribution in [2.24, 2.45) is 0 Å². The number of nitrogens with two attached hydrogens (primary N) is 1. The van der Waals surface area contributed by atoms with E-state index >= 15 is 0 Å². The third kappa shape index (κ3) is 2.59. The first-order valence-corrected chi connectivity index (χ1v) is 7.39. The number of pyridine rings is 1. The molecule has 4 rings (SSSR count). The van der Waals surface area contributed by atoms with Crippen LogP contribution in [-0.2, 0) is 0 Å². The molecule has 0 radical (unpaired) electrons. The van der Waals surface area contributed by atoms with Gasteiger partial charge in [0.15, 0.2) is 12.0 Å². The zero-order valence-electron chi connectivity index (χ0n) is 13.2. The second-order valence-electron chi connectivity index (χ2n) is 5.30. The number of ether oxygens (including phenoxy) is 1. The van der Waals surface area contributed by atoms with Crippen LogP contribution in [-0.4, -0.2) is 32.8 Å². The van der Waals surface area contributed by atoms with Gasteiger partial charge in [-0.25, -0.2) is 9.97 Å². The number of oxazole rings is 1. The molecule has 0 amide bonds. The minimum Gasteiger partial charge on any atom is -0.481 e. The Labute approximate surface area is 141 Å². The van der Waals surface area contributed by atoms with Crippen molar-refractivity contribution < 1.29 is 13.9 Å². The normalized spacial score (nSPS) is 10.9. The van der Waals surface area contributed by atoms with Crippen LogP contribution in [0.3, 0.4) is 0 Å². The van der Waals surface area contributed by atoms with Crippen LogP contribution in [0.1, 0.15) is 10.4 Å². The van der Waals surface area contributed by atoms with Gasteiger partial charge in [-0.1, -0.05) is 0 Å². The van der Waals surface area contributed by atoms with Gasteiger partial charge < -0.3 is 14.9 Å². The van der Waals surface area contributed by atoms with Gasteiger partial charge >= 0.3 is 0 Å². The van der Waals surface area contributed by atoms with Crippen LogP contribution >= 0.6 is 0 Å². The van der Waals surface area contributed by atoms with Crippen LogP contribution in [0, 0.1) is 0 Å². The zero-order chi connectivity index (χ0) is 17.4. The van der Waals surface area contributed by atoms with Crippen molar-refractivity contribution in [3.05, 3.63) is 54.6 Å². The number of anilines is 1. The number of benzene rings is 1. The van der Waals surface area contributed by atoms with E-state index in [1.807, 2.05) is 0 Å². The van der Waals surface area contributed by atoms with E-state index in [0.29, 0.717) is 28.2 Å². The molecule has 0 atom stereocenters. The third-order valence-electron chi connectivity index (χ3n) is 3.75. The number of carbonyl (C=O) groups excluding carboxylic acids is 1. The van der Waals surface area contributed by atoms with E-state index in [-0.39, 0.29) is 11.7 Å². The highest BCUT2D eigenvalue weighted by Gasteiger charge is 2.16. The number of hydrogen-bond donors (Lipinski definition) is 1. The second-order valence-corrected chi connectivity index (χ2v) is 5.30. The molecule has 8 heteroatoms. The average molecular weight is 335 g/mol. The lowest BCUT2D eigenvalue weighted by atomic mass is 10.2. The summed E-state index contributed by atoms with van der Waals surface area (Å²) in [5, 5.41) is 4.30. The molecular weight excluding hydrogens is 322 g/mol. The zero-order valence-corrected chi connectivity index (χ0v) is 13.2. The van der Waals surface area contributed by atoms with Gasteiger partial charge in [0.25, 0.3) is 5.91 Å². The van der Waals surface area contributed by atoms with Crippen molar-refractivity contribution in [2.75, 3.05) is 12.8 Å². The second kappa shape index (κ2) is 5.75.